The number of nitrogens with one attached hydrogen (secondary N) is 1. The summed E-state index contributed by atoms with van der Waals surface area (Å²) in [5.41, 5.74) is 4.44. The van der Waals surface area contributed by atoms with Crippen LogP contribution in [-0.4, -0.2) is 29.2 Å². The van der Waals surface area contributed by atoms with E-state index in [1.165, 1.54) is 11.1 Å². The molecule has 128 valence electrons. The number of hydrogen-bond donors (Lipinski definition) is 2. The molecule has 0 aromatic heterocycles. The van der Waals surface area contributed by atoms with Crippen LogP contribution in [-0.2, 0) is 4.79 Å². The molecule has 0 saturated carbocycles. The standard InChI is InChI=1S/C19H30N2O2/c1-7-19(8-2)11-21(17(12(3)4)18(22)23)16-10-14(6)13(5)9-15(16)20-19/h9-10,12,17,20H,7-8,11H2,1-6H3,(H,22,23). The predicted molar refractivity (Wildman–Crippen MR) is 96.5 cm³/mol. The molecule has 1 unspecified atom stereocenters. The Morgan fingerprint density at radius 1 is 1.26 bits per heavy atom. The van der Waals surface area contributed by atoms with E-state index in [0.29, 0.717) is 0 Å². The molecule has 0 saturated heterocycles. The van der Waals surface area contributed by atoms with Gasteiger partial charge in [-0.2, -0.15) is 0 Å². The Bertz CT molecular complexity index is 591. The average molecular weight is 318 g/mol. The van der Waals surface area contributed by atoms with Gasteiger partial charge in [-0.15, -0.1) is 0 Å². The van der Waals surface area contributed by atoms with Crippen LogP contribution in [0.5, 0.6) is 0 Å². The Hall–Kier alpha value is -1.71. The first-order chi connectivity index (χ1) is 10.7. The molecule has 1 aromatic carbocycles. The van der Waals surface area contributed by atoms with Gasteiger partial charge < -0.3 is 15.3 Å². The highest BCUT2D eigenvalue weighted by molar-refractivity contribution is 5.84. The minimum Gasteiger partial charge on any atom is -0.480 e. The number of carboxylic acids is 1. The number of fused-ring (bicyclic) bond motifs is 1. The van der Waals surface area contributed by atoms with Gasteiger partial charge in [0.25, 0.3) is 0 Å². The summed E-state index contributed by atoms with van der Waals surface area (Å²) >= 11 is 0. The van der Waals surface area contributed by atoms with E-state index in [1.807, 2.05) is 13.8 Å². The van der Waals surface area contributed by atoms with Gasteiger partial charge in [-0.25, -0.2) is 4.79 Å². The average Bonchev–Trinajstić information content (AvgIpc) is 2.48. The number of aryl methyl sites for hydroxylation is 2. The number of aliphatic carboxylic acids is 1. The second kappa shape index (κ2) is 6.42. The molecule has 0 radical (unpaired) electrons. The smallest absolute Gasteiger partial charge is 0.326 e. The zero-order chi connectivity index (χ0) is 17.4. The van der Waals surface area contributed by atoms with Crippen LogP contribution < -0.4 is 10.2 Å². The van der Waals surface area contributed by atoms with Gasteiger partial charge in [0.05, 0.1) is 16.9 Å². The van der Waals surface area contributed by atoms with Crippen molar-refractivity contribution in [1.82, 2.24) is 0 Å². The molecule has 4 heteroatoms. The van der Waals surface area contributed by atoms with E-state index in [-0.39, 0.29) is 11.5 Å². The molecular weight excluding hydrogens is 288 g/mol. The molecule has 1 aromatic rings. The fourth-order valence-electron chi connectivity index (χ4n) is 3.55. The first-order valence-electron chi connectivity index (χ1n) is 8.63. The molecule has 1 aliphatic heterocycles. The van der Waals surface area contributed by atoms with E-state index in [9.17, 15) is 9.90 Å². The molecule has 0 fully saturated rings. The van der Waals surface area contributed by atoms with Gasteiger partial charge in [0.1, 0.15) is 6.04 Å². The lowest BCUT2D eigenvalue weighted by Gasteiger charge is -2.48. The third kappa shape index (κ3) is 3.17. The monoisotopic (exact) mass is 318 g/mol. The van der Waals surface area contributed by atoms with Gasteiger partial charge in [-0.3, -0.25) is 0 Å². The van der Waals surface area contributed by atoms with Crippen LogP contribution >= 0.6 is 0 Å². The van der Waals surface area contributed by atoms with Gasteiger partial charge in [-0.05, 0) is 55.9 Å². The minimum absolute atomic E-state index is 0.0477. The van der Waals surface area contributed by atoms with E-state index < -0.39 is 12.0 Å². The summed E-state index contributed by atoms with van der Waals surface area (Å²) in [4.78, 5) is 14.0. The number of rotatable bonds is 5. The summed E-state index contributed by atoms with van der Waals surface area (Å²) in [5, 5.41) is 13.5. The highest BCUT2D eigenvalue weighted by Crippen LogP contribution is 2.41. The third-order valence-electron chi connectivity index (χ3n) is 5.37. The summed E-state index contributed by atoms with van der Waals surface area (Å²) < 4.78 is 0. The van der Waals surface area contributed by atoms with Gasteiger partial charge in [0.2, 0.25) is 0 Å². The molecule has 1 aliphatic rings. The normalized spacial score (nSPS) is 17.6. The van der Waals surface area contributed by atoms with Crippen molar-refractivity contribution in [3.63, 3.8) is 0 Å². The Balaban J connectivity index is 2.61. The molecule has 0 spiro atoms. The SMILES string of the molecule is CCC1(CC)CN(C(C(=O)O)C(C)C)c2cc(C)c(C)cc2N1. The summed E-state index contributed by atoms with van der Waals surface area (Å²) in [6.45, 7) is 13.2. The van der Waals surface area contributed by atoms with Crippen molar-refractivity contribution in [2.45, 2.75) is 66.0 Å². The molecule has 1 heterocycles. The molecule has 1 atom stereocenters. The minimum atomic E-state index is -0.743. The van der Waals surface area contributed by atoms with Crippen LogP contribution in [0.1, 0.15) is 51.7 Å². The van der Waals surface area contributed by atoms with Gasteiger partial charge >= 0.3 is 5.97 Å². The lowest BCUT2D eigenvalue weighted by Crippen LogP contribution is -2.58. The number of anilines is 2. The second-order valence-electron chi connectivity index (χ2n) is 7.22. The fraction of sp³-hybridized carbons (Fsp3) is 0.632. The number of benzene rings is 1. The Morgan fingerprint density at radius 3 is 2.30 bits per heavy atom. The molecule has 23 heavy (non-hydrogen) atoms. The third-order valence-corrected chi connectivity index (χ3v) is 5.37. The van der Waals surface area contributed by atoms with Crippen molar-refractivity contribution in [1.29, 1.82) is 0 Å². The Labute approximate surface area is 139 Å². The molecule has 0 aliphatic carbocycles. The maximum atomic E-state index is 11.9. The zero-order valence-corrected chi connectivity index (χ0v) is 15.2. The first-order valence-corrected chi connectivity index (χ1v) is 8.63. The molecule has 4 nitrogen and oxygen atoms in total. The molecule has 0 amide bonds. The Kier molecular flexibility index (Phi) is 4.92. The van der Waals surface area contributed by atoms with Crippen molar-refractivity contribution < 1.29 is 9.90 Å². The topological polar surface area (TPSA) is 52.6 Å². The predicted octanol–water partition coefficient (Wildman–Crippen LogP) is 4.20. The van der Waals surface area contributed by atoms with Crippen LogP contribution in [0.4, 0.5) is 11.4 Å². The highest BCUT2D eigenvalue weighted by Gasteiger charge is 2.40. The van der Waals surface area contributed by atoms with E-state index in [2.05, 4.69) is 50.0 Å². The maximum absolute atomic E-state index is 11.9. The lowest BCUT2D eigenvalue weighted by atomic mass is 9.86. The van der Waals surface area contributed by atoms with Gasteiger partial charge in [0.15, 0.2) is 0 Å². The first kappa shape index (κ1) is 17.6. The number of carbonyl (C=O) groups is 1. The van der Waals surface area contributed by atoms with Crippen molar-refractivity contribution >= 4 is 17.3 Å². The molecule has 2 N–H and O–H groups in total. The van der Waals surface area contributed by atoms with Crippen LogP contribution in [0.25, 0.3) is 0 Å². The summed E-state index contributed by atoms with van der Waals surface area (Å²) in [5.74, 6) is -0.696. The maximum Gasteiger partial charge on any atom is 0.326 e. The van der Waals surface area contributed by atoms with E-state index >= 15 is 0 Å². The summed E-state index contributed by atoms with van der Waals surface area (Å²) in [7, 11) is 0. The van der Waals surface area contributed by atoms with Gasteiger partial charge in [0, 0.05) is 6.54 Å². The van der Waals surface area contributed by atoms with Crippen molar-refractivity contribution in [2.24, 2.45) is 5.92 Å². The Morgan fingerprint density at radius 2 is 1.83 bits per heavy atom. The number of hydrogen-bond acceptors (Lipinski definition) is 3. The van der Waals surface area contributed by atoms with Crippen LogP contribution in [0, 0.1) is 19.8 Å². The highest BCUT2D eigenvalue weighted by atomic mass is 16.4. The van der Waals surface area contributed by atoms with Crippen LogP contribution in [0.15, 0.2) is 12.1 Å². The largest absolute Gasteiger partial charge is 0.480 e. The quantitative estimate of drug-likeness (QED) is 0.854. The second-order valence-corrected chi connectivity index (χ2v) is 7.22. The van der Waals surface area contributed by atoms with E-state index in [0.717, 1.165) is 30.8 Å². The van der Waals surface area contributed by atoms with E-state index in [4.69, 9.17) is 0 Å². The van der Waals surface area contributed by atoms with Crippen molar-refractivity contribution in [2.75, 3.05) is 16.8 Å². The fourth-order valence-corrected chi connectivity index (χ4v) is 3.55. The van der Waals surface area contributed by atoms with Crippen molar-refractivity contribution in [3.05, 3.63) is 23.3 Å². The van der Waals surface area contributed by atoms with Gasteiger partial charge in [-0.1, -0.05) is 27.7 Å². The van der Waals surface area contributed by atoms with Crippen molar-refractivity contribution in [3.8, 4) is 0 Å². The molecular formula is C19H30N2O2. The number of nitrogens with zero attached hydrogens (tertiary/aromatic N) is 1. The number of carboxylic acid groups (broad SMARTS) is 1. The van der Waals surface area contributed by atoms with E-state index in [1.54, 1.807) is 0 Å². The summed E-state index contributed by atoms with van der Waals surface area (Å²) in [6.07, 6.45) is 1.94. The van der Waals surface area contributed by atoms with Crippen LogP contribution in [0.3, 0.4) is 0 Å². The summed E-state index contributed by atoms with van der Waals surface area (Å²) in [6, 6.07) is 3.79. The molecule has 0 bridgehead atoms. The zero-order valence-electron chi connectivity index (χ0n) is 15.2. The van der Waals surface area contributed by atoms with Crippen LogP contribution in [0.2, 0.25) is 0 Å². The molecule has 2 rings (SSSR count). The lowest BCUT2D eigenvalue weighted by molar-refractivity contribution is -0.139.